The highest BCUT2D eigenvalue weighted by molar-refractivity contribution is 5.75. The van der Waals surface area contributed by atoms with Crippen molar-refractivity contribution >= 4 is 5.91 Å². The molecule has 1 aromatic heterocycles. The minimum Gasteiger partial charge on any atom is -0.354 e. The molecule has 98 valence electrons. The molecule has 0 radical (unpaired) electrons. The van der Waals surface area contributed by atoms with Crippen LogP contribution in [0.15, 0.2) is 21.9 Å². The number of amides is 1. The van der Waals surface area contributed by atoms with Crippen LogP contribution in [0.3, 0.4) is 0 Å². The molecule has 6 heteroatoms. The molecule has 1 fully saturated rings. The molecule has 1 aliphatic rings. The molecule has 1 saturated carbocycles. The molecular formula is C12H17N3O3. The van der Waals surface area contributed by atoms with Gasteiger partial charge in [-0.25, -0.2) is 4.79 Å². The lowest BCUT2D eigenvalue weighted by Crippen LogP contribution is -2.41. The lowest BCUT2D eigenvalue weighted by atomic mass is 9.85. The van der Waals surface area contributed by atoms with Crippen LogP contribution in [0.1, 0.15) is 19.3 Å². The number of carbonyl (C=O) groups is 1. The molecule has 1 aliphatic carbocycles. The highest BCUT2D eigenvalue weighted by Crippen LogP contribution is 2.24. The number of hydrogen-bond donors (Lipinski definition) is 1. The molecule has 1 amide bonds. The van der Waals surface area contributed by atoms with Gasteiger partial charge in [-0.1, -0.05) is 6.42 Å². The van der Waals surface area contributed by atoms with E-state index < -0.39 is 5.69 Å². The van der Waals surface area contributed by atoms with E-state index in [9.17, 15) is 14.4 Å². The minimum absolute atomic E-state index is 0.0420. The normalized spacial score (nSPS) is 15.2. The number of carbonyl (C=O) groups excluding carboxylic acids is 1. The average Bonchev–Trinajstić information content (AvgIpc) is 2.28. The van der Waals surface area contributed by atoms with Gasteiger partial charge in [0, 0.05) is 25.9 Å². The van der Waals surface area contributed by atoms with Crippen LogP contribution < -0.4 is 16.6 Å². The lowest BCUT2D eigenvalue weighted by Gasteiger charge is -2.25. The van der Waals surface area contributed by atoms with Gasteiger partial charge in [0.15, 0.2) is 0 Å². The predicted octanol–water partition coefficient (Wildman–Crippen LogP) is -0.537. The Morgan fingerprint density at radius 2 is 2.17 bits per heavy atom. The van der Waals surface area contributed by atoms with E-state index in [0.29, 0.717) is 12.5 Å². The van der Waals surface area contributed by atoms with Gasteiger partial charge in [-0.2, -0.15) is 0 Å². The molecule has 18 heavy (non-hydrogen) atoms. The first-order valence-corrected chi connectivity index (χ1v) is 6.11. The third-order valence-corrected chi connectivity index (χ3v) is 3.39. The maximum atomic E-state index is 11.7. The molecule has 0 aliphatic heterocycles. The summed E-state index contributed by atoms with van der Waals surface area (Å²) in [6.45, 7) is 0.638. The van der Waals surface area contributed by atoms with Crippen LogP contribution in [0.5, 0.6) is 0 Å². The van der Waals surface area contributed by atoms with E-state index in [2.05, 4.69) is 5.32 Å². The fourth-order valence-corrected chi connectivity index (χ4v) is 1.90. The van der Waals surface area contributed by atoms with Crippen molar-refractivity contribution in [1.82, 2.24) is 14.5 Å². The fourth-order valence-electron chi connectivity index (χ4n) is 1.90. The summed E-state index contributed by atoms with van der Waals surface area (Å²) in [7, 11) is 1.40. The van der Waals surface area contributed by atoms with E-state index in [1.807, 2.05) is 0 Å². The van der Waals surface area contributed by atoms with Crippen molar-refractivity contribution in [2.45, 2.75) is 25.8 Å². The van der Waals surface area contributed by atoms with Crippen molar-refractivity contribution in [2.24, 2.45) is 13.0 Å². The van der Waals surface area contributed by atoms with Gasteiger partial charge in [0.2, 0.25) is 5.91 Å². The summed E-state index contributed by atoms with van der Waals surface area (Å²) in [4.78, 5) is 34.5. The van der Waals surface area contributed by atoms with Crippen LogP contribution in [0, 0.1) is 5.92 Å². The van der Waals surface area contributed by atoms with Gasteiger partial charge in [0.25, 0.3) is 5.56 Å². The van der Waals surface area contributed by atoms with Gasteiger partial charge in [-0.05, 0) is 18.8 Å². The number of hydrogen-bond acceptors (Lipinski definition) is 3. The summed E-state index contributed by atoms with van der Waals surface area (Å²) >= 11 is 0. The fraction of sp³-hybridized carbons (Fsp3) is 0.583. The summed E-state index contributed by atoms with van der Waals surface area (Å²) in [6, 6.07) is 1.28. The summed E-state index contributed by atoms with van der Waals surface area (Å²) in [5.74, 6) is 0.397. The van der Waals surface area contributed by atoms with Crippen molar-refractivity contribution in [2.75, 3.05) is 6.54 Å². The van der Waals surface area contributed by atoms with E-state index >= 15 is 0 Å². The topological polar surface area (TPSA) is 73.1 Å². The molecule has 0 bridgehead atoms. The predicted molar refractivity (Wildman–Crippen MR) is 66.3 cm³/mol. The second-order valence-electron chi connectivity index (χ2n) is 4.72. The van der Waals surface area contributed by atoms with Crippen molar-refractivity contribution in [3.8, 4) is 0 Å². The van der Waals surface area contributed by atoms with Gasteiger partial charge in [0.1, 0.15) is 6.54 Å². The highest BCUT2D eigenvalue weighted by Gasteiger charge is 2.18. The van der Waals surface area contributed by atoms with Gasteiger partial charge < -0.3 is 5.32 Å². The largest absolute Gasteiger partial charge is 0.354 e. The second-order valence-corrected chi connectivity index (χ2v) is 4.72. The van der Waals surface area contributed by atoms with Crippen LogP contribution in [0.25, 0.3) is 0 Å². The first-order chi connectivity index (χ1) is 8.58. The Hall–Kier alpha value is -1.85. The summed E-state index contributed by atoms with van der Waals surface area (Å²) in [5.41, 5.74) is -0.840. The van der Waals surface area contributed by atoms with E-state index in [4.69, 9.17) is 0 Å². The number of aromatic nitrogens is 2. The highest BCUT2D eigenvalue weighted by atomic mass is 16.2. The summed E-state index contributed by atoms with van der Waals surface area (Å²) < 4.78 is 2.22. The van der Waals surface area contributed by atoms with Crippen LogP contribution in [-0.2, 0) is 18.4 Å². The first-order valence-electron chi connectivity index (χ1n) is 6.11. The van der Waals surface area contributed by atoms with E-state index in [1.54, 1.807) is 0 Å². The summed E-state index contributed by atoms with van der Waals surface area (Å²) in [5, 5.41) is 2.81. The third kappa shape index (κ3) is 2.69. The minimum atomic E-state index is -0.471. The zero-order chi connectivity index (χ0) is 13.1. The Morgan fingerprint density at radius 1 is 1.44 bits per heavy atom. The van der Waals surface area contributed by atoms with Crippen LogP contribution >= 0.6 is 0 Å². The standard InChI is InChI=1S/C12H17N3O3/c1-14-11(17)5-6-15(12(14)18)8-10(16)13-7-9-3-2-4-9/h5-6,9H,2-4,7-8H2,1H3,(H,13,16). The zero-order valence-electron chi connectivity index (χ0n) is 10.4. The van der Waals surface area contributed by atoms with E-state index in [-0.39, 0.29) is 18.0 Å². The van der Waals surface area contributed by atoms with E-state index in [0.717, 1.165) is 4.57 Å². The molecular weight excluding hydrogens is 234 g/mol. The maximum Gasteiger partial charge on any atom is 0.331 e. The first kappa shape index (κ1) is 12.6. The molecule has 0 spiro atoms. The Balaban J connectivity index is 1.96. The SMILES string of the molecule is Cn1c(=O)ccn(CC(=O)NCC2CCC2)c1=O. The maximum absolute atomic E-state index is 11.7. The Morgan fingerprint density at radius 3 is 2.78 bits per heavy atom. The quantitative estimate of drug-likeness (QED) is 0.781. The molecule has 0 saturated heterocycles. The monoisotopic (exact) mass is 251 g/mol. The Kier molecular flexibility index (Phi) is 3.64. The lowest BCUT2D eigenvalue weighted by molar-refractivity contribution is -0.122. The van der Waals surface area contributed by atoms with Gasteiger partial charge in [-0.15, -0.1) is 0 Å². The van der Waals surface area contributed by atoms with E-state index in [1.165, 1.54) is 43.1 Å². The van der Waals surface area contributed by atoms with Crippen molar-refractivity contribution in [3.05, 3.63) is 33.1 Å². The smallest absolute Gasteiger partial charge is 0.331 e. The van der Waals surface area contributed by atoms with Crippen LogP contribution in [-0.4, -0.2) is 21.6 Å². The molecule has 0 aromatic carbocycles. The summed E-state index contributed by atoms with van der Waals surface area (Å²) in [6.07, 6.45) is 4.93. The third-order valence-electron chi connectivity index (χ3n) is 3.39. The molecule has 1 aromatic rings. The van der Waals surface area contributed by atoms with Gasteiger partial charge >= 0.3 is 5.69 Å². The molecule has 2 rings (SSSR count). The molecule has 1 N–H and O–H groups in total. The van der Waals surface area contributed by atoms with Gasteiger partial charge in [-0.3, -0.25) is 18.7 Å². The Labute approximate surface area is 104 Å². The van der Waals surface area contributed by atoms with Crippen LogP contribution in [0.4, 0.5) is 0 Å². The number of nitrogens with zero attached hydrogens (tertiary/aromatic N) is 2. The van der Waals surface area contributed by atoms with Gasteiger partial charge in [0.05, 0.1) is 0 Å². The second kappa shape index (κ2) is 5.20. The molecule has 1 heterocycles. The van der Waals surface area contributed by atoms with Crippen molar-refractivity contribution in [1.29, 1.82) is 0 Å². The molecule has 0 unspecified atom stereocenters. The Bertz CT molecular complexity index is 554. The molecule has 0 atom stereocenters. The number of rotatable bonds is 4. The average molecular weight is 251 g/mol. The van der Waals surface area contributed by atoms with Crippen molar-refractivity contribution < 1.29 is 4.79 Å². The number of nitrogens with one attached hydrogen (secondary N) is 1. The van der Waals surface area contributed by atoms with Crippen molar-refractivity contribution in [3.63, 3.8) is 0 Å². The van der Waals surface area contributed by atoms with Crippen LogP contribution in [0.2, 0.25) is 0 Å². The zero-order valence-corrected chi connectivity index (χ0v) is 10.4. The molecule has 6 nitrogen and oxygen atoms in total.